The third-order valence-electron chi connectivity index (χ3n) is 7.44. The highest BCUT2D eigenvalue weighted by atomic mass is 32.2. The van der Waals surface area contributed by atoms with Crippen LogP contribution < -0.4 is 50.6 Å². The van der Waals surface area contributed by atoms with Crippen LogP contribution in [0.3, 0.4) is 0 Å². The molecule has 10 nitrogen and oxygen atoms in total. The molecule has 1 aliphatic carbocycles. The molecule has 0 heterocycles. The summed E-state index contributed by atoms with van der Waals surface area (Å²) in [5.41, 5.74) is 51.1. The summed E-state index contributed by atoms with van der Waals surface area (Å²) in [5, 5.41) is 0. The van der Waals surface area contributed by atoms with E-state index in [1.54, 1.807) is 0 Å². The first-order chi connectivity index (χ1) is 20.7. The molecular weight excluding hydrogens is 633 g/mol. The summed E-state index contributed by atoms with van der Waals surface area (Å²) in [5.74, 6) is 4.64. The zero-order valence-corrected chi connectivity index (χ0v) is 30.2. The van der Waals surface area contributed by atoms with Crippen molar-refractivity contribution < 1.29 is 9.47 Å². The molecule has 0 saturated carbocycles. The molecule has 14 heteroatoms. The van der Waals surface area contributed by atoms with Gasteiger partial charge in [-0.1, -0.05) is 58.4 Å². The number of benzene rings is 1. The number of nitrogens with two attached hydrogens (primary N) is 8. The van der Waals surface area contributed by atoms with E-state index in [1.807, 2.05) is 0 Å². The van der Waals surface area contributed by atoms with E-state index in [0.717, 1.165) is 52.4 Å². The maximum absolute atomic E-state index is 6.43. The van der Waals surface area contributed by atoms with Gasteiger partial charge in [0, 0.05) is 51.0 Å². The topological polar surface area (TPSA) is 227 Å². The predicted octanol–water partition coefficient (Wildman–Crippen LogP) is 3.36. The molecule has 0 radical (unpaired) electrons. The Kier molecular flexibility index (Phi) is 17.3. The highest BCUT2D eigenvalue weighted by Gasteiger charge is 2.39. The molecule has 0 bridgehead atoms. The van der Waals surface area contributed by atoms with Crippen LogP contribution in [0.25, 0.3) is 0 Å². The second kappa shape index (κ2) is 19.3. The van der Waals surface area contributed by atoms with Crippen molar-refractivity contribution in [3.05, 3.63) is 51.8 Å². The van der Waals surface area contributed by atoms with Crippen LogP contribution in [0.4, 0.5) is 0 Å². The van der Waals surface area contributed by atoms with Crippen LogP contribution in [0.2, 0.25) is 0 Å². The Morgan fingerprint density at radius 2 is 1.20 bits per heavy atom. The fourth-order valence-corrected chi connectivity index (χ4v) is 7.87. The summed E-state index contributed by atoms with van der Waals surface area (Å²) >= 11 is 5.98. The first kappa shape index (κ1) is 39.6. The van der Waals surface area contributed by atoms with Crippen molar-refractivity contribution in [2.75, 3.05) is 24.7 Å². The summed E-state index contributed by atoms with van der Waals surface area (Å²) in [7, 11) is 0. The summed E-state index contributed by atoms with van der Waals surface area (Å²) in [6.07, 6.45) is 4.09. The monoisotopic (exact) mass is 688 g/mol. The largest absolute Gasteiger partial charge is 0.497 e. The molecule has 16 N–H and O–H groups in total. The second-order valence-electron chi connectivity index (χ2n) is 11.5. The lowest BCUT2D eigenvalue weighted by atomic mass is 9.66. The standard InChI is InChI=1S/C30H56N8O2S4/c1-6-8-39-24-18(13-41-26(31)32)10-21(11-19(24)14-42-27(33)34)30(4,5)23-12-20(15-43-28(35)36)25(40-9-7-2)22(17(23)3)16-44-29(37)38/h10-12,17,22,26-29H,6-9,13-16,31-38H2,1-5H3. The minimum atomic E-state index is -0.505. The van der Waals surface area contributed by atoms with E-state index in [9.17, 15) is 0 Å². The van der Waals surface area contributed by atoms with Gasteiger partial charge in [-0.15, -0.1) is 47.0 Å². The molecule has 1 aromatic carbocycles. The van der Waals surface area contributed by atoms with E-state index < -0.39 is 22.0 Å². The highest BCUT2D eigenvalue weighted by molar-refractivity contribution is 8.00. The van der Waals surface area contributed by atoms with Crippen LogP contribution >= 0.6 is 47.0 Å². The van der Waals surface area contributed by atoms with Crippen molar-refractivity contribution >= 4 is 47.0 Å². The zero-order valence-electron chi connectivity index (χ0n) is 26.9. The fraction of sp³-hybridized carbons (Fsp3) is 0.667. The third-order valence-corrected chi connectivity index (χ3v) is 11.0. The van der Waals surface area contributed by atoms with Gasteiger partial charge in [0.25, 0.3) is 0 Å². The first-order valence-corrected chi connectivity index (χ1v) is 19.3. The summed E-state index contributed by atoms with van der Waals surface area (Å²) in [6.45, 7) is 12.2. The van der Waals surface area contributed by atoms with Crippen LogP contribution in [-0.2, 0) is 21.7 Å². The van der Waals surface area contributed by atoms with Crippen molar-refractivity contribution in [1.82, 2.24) is 0 Å². The number of hydrogen-bond donors (Lipinski definition) is 8. The van der Waals surface area contributed by atoms with E-state index >= 15 is 0 Å². The van der Waals surface area contributed by atoms with Crippen LogP contribution in [-0.4, -0.2) is 46.7 Å². The molecule has 252 valence electrons. The maximum atomic E-state index is 6.43. The van der Waals surface area contributed by atoms with Gasteiger partial charge >= 0.3 is 0 Å². The van der Waals surface area contributed by atoms with E-state index in [1.165, 1.54) is 52.6 Å². The van der Waals surface area contributed by atoms with Crippen molar-refractivity contribution in [1.29, 1.82) is 0 Å². The third kappa shape index (κ3) is 11.9. The molecule has 0 spiro atoms. The molecule has 2 rings (SSSR count). The minimum Gasteiger partial charge on any atom is -0.497 e. The van der Waals surface area contributed by atoms with Gasteiger partial charge in [0.15, 0.2) is 0 Å². The van der Waals surface area contributed by atoms with Gasteiger partial charge in [-0.25, -0.2) is 0 Å². The lowest BCUT2D eigenvalue weighted by molar-refractivity contribution is 0.162. The Labute approximate surface area is 281 Å². The Morgan fingerprint density at radius 1 is 0.727 bits per heavy atom. The molecule has 0 amide bonds. The lowest BCUT2D eigenvalue weighted by Crippen LogP contribution is -2.36. The van der Waals surface area contributed by atoms with Crippen molar-refractivity contribution in [3.8, 4) is 5.75 Å². The number of hydrogen-bond acceptors (Lipinski definition) is 14. The second-order valence-corrected chi connectivity index (χ2v) is 16.2. The Hall–Kier alpha value is -0.620. The number of rotatable bonds is 20. The average molecular weight is 689 g/mol. The van der Waals surface area contributed by atoms with E-state index in [-0.39, 0.29) is 17.3 Å². The molecule has 2 atom stereocenters. The first-order valence-electron chi connectivity index (χ1n) is 15.1. The molecule has 1 aromatic rings. The smallest absolute Gasteiger partial charge is 0.127 e. The Balaban J connectivity index is 2.76. The van der Waals surface area contributed by atoms with Crippen LogP contribution in [0.5, 0.6) is 5.75 Å². The van der Waals surface area contributed by atoms with E-state index in [2.05, 4.69) is 52.8 Å². The SMILES string of the molecule is CCCOC1=C(CSC(N)N)C=C(C(C)(C)c2cc(CSC(N)N)c(OCCC)c(CSC(N)N)c2)C(C)C1CSC(N)N. The fourth-order valence-electron chi connectivity index (χ4n) is 5.23. The molecule has 0 aliphatic heterocycles. The molecule has 0 aromatic heterocycles. The Morgan fingerprint density at radius 3 is 1.68 bits per heavy atom. The molecular formula is C30H56N8O2S4. The number of ether oxygens (including phenoxy) is 2. The van der Waals surface area contributed by atoms with Crippen molar-refractivity contribution in [2.24, 2.45) is 57.7 Å². The van der Waals surface area contributed by atoms with Crippen molar-refractivity contribution in [2.45, 2.75) is 86.4 Å². The molecule has 0 saturated heterocycles. The van der Waals surface area contributed by atoms with Gasteiger partial charge in [0.2, 0.25) is 0 Å². The van der Waals surface area contributed by atoms with E-state index in [0.29, 0.717) is 30.5 Å². The summed E-state index contributed by atoms with van der Waals surface area (Å²) < 4.78 is 12.8. The Bertz CT molecular complexity index is 1070. The molecule has 44 heavy (non-hydrogen) atoms. The lowest BCUT2D eigenvalue weighted by Gasteiger charge is -2.41. The molecule has 2 unspecified atom stereocenters. The summed E-state index contributed by atoms with van der Waals surface area (Å²) in [4.78, 5) is 0. The van der Waals surface area contributed by atoms with Crippen molar-refractivity contribution in [3.63, 3.8) is 0 Å². The van der Waals surface area contributed by atoms with Gasteiger partial charge in [-0.05, 0) is 24.3 Å². The van der Waals surface area contributed by atoms with Crippen LogP contribution in [0.1, 0.15) is 64.2 Å². The predicted molar refractivity (Wildman–Crippen MR) is 195 cm³/mol. The average Bonchev–Trinajstić information content (AvgIpc) is 2.95. The van der Waals surface area contributed by atoms with Gasteiger partial charge in [-0.2, -0.15) is 0 Å². The highest BCUT2D eigenvalue weighted by Crippen LogP contribution is 2.48. The van der Waals surface area contributed by atoms with Gasteiger partial charge in [-0.3, -0.25) is 0 Å². The van der Waals surface area contributed by atoms with Gasteiger partial charge in [0.05, 0.1) is 13.2 Å². The van der Waals surface area contributed by atoms with Crippen LogP contribution in [0, 0.1) is 11.8 Å². The van der Waals surface area contributed by atoms with Crippen LogP contribution in [0.15, 0.2) is 35.1 Å². The van der Waals surface area contributed by atoms with Gasteiger partial charge < -0.3 is 55.3 Å². The zero-order chi connectivity index (χ0) is 33.0. The number of thioether (sulfide) groups is 4. The molecule has 1 aliphatic rings. The minimum absolute atomic E-state index is 0.0766. The summed E-state index contributed by atoms with van der Waals surface area (Å²) in [6, 6.07) is 4.47. The quantitative estimate of drug-likeness (QED) is 0.0920. The van der Waals surface area contributed by atoms with Gasteiger partial charge in [0.1, 0.15) is 33.5 Å². The van der Waals surface area contributed by atoms with E-state index in [4.69, 9.17) is 55.3 Å². The normalized spacial score (nSPS) is 17.8. The molecule has 0 fully saturated rings. The number of allylic oxidation sites excluding steroid dienone is 3. The maximum Gasteiger partial charge on any atom is 0.127 e.